The van der Waals surface area contributed by atoms with Crippen molar-refractivity contribution in [2.24, 2.45) is 0 Å². The second-order valence-electron chi connectivity index (χ2n) is 6.23. The molecule has 3 heterocycles. The van der Waals surface area contributed by atoms with Crippen LogP contribution in [0.3, 0.4) is 0 Å². The van der Waals surface area contributed by atoms with Crippen LogP contribution in [0.2, 0.25) is 0 Å². The molecule has 0 radical (unpaired) electrons. The Bertz CT molecular complexity index is 457. The van der Waals surface area contributed by atoms with E-state index < -0.39 is 0 Å². The van der Waals surface area contributed by atoms with Gasteiger partial charge in [-0.2, -0.15) is 5.10 Å². The van der Waals surface area contributed by atoms with Crippen LogP contribution in [0.4, 0.5) is 4.79 Å². The molecule has 0 aliphatic carbocycles. The van der Waals surface area contributed by atoms with Gasteiger partial charge in [0.15, 0.2) is 0 Å². The summed E-state index contributed by atoms with van der Waals surface area (Å²) in [6.45, 7) is 5.66. The highest BCUT2D eigenvalue weighted by atomic mass is 16.2. The van der Waals surface area contributed by atoms with E-state index in [4.69, 9.17) is 0 Å². The summed E-state index contributed by atoms with van der Waals surface area (Å²) in [5.74, 6) is 0. The fourth-order valence-corrected chi connectivity index (χ4v) is 3.44. The van der Waals surface area contributed by atoms with Gasteiger partial charge in [-0.05, 0) is 45.2 Å². The van der Waals surface area contributed by atoms with Gasteiger partial charge in [0.05, 0.1) is 0 Å². The third-order valence-electron chi connectivity index (χ3n) is 4.65. The molecule has 2 fully saturated rings. The number of hydrogen-bond acceptors (Lipinski definition) is 4. The van der Waals surface area contributed by atoms with Gasteiger partial charge in [0.25, 0.3) is 0 Å². The van der Waals surface area contributed by atoms with Crippen LogP contribution in [0.5, 0.6) is 0 Å². The summed E-state index contributed by atoms with van der Waals surface area (Å²) in [4.78, 5) is 20.7. The topological polar surface area (TPSA) is 66.3 Å². The Morgan fingerprint density at radius 3 is 2.86 bits per heavy atom. The van der Waals surface area contributed by atoms with Crippen LogP contribution in [0.15, 0.2) is 12.7 Å². The van der Waals surface area contributed by atoms with Crippen molar-refractivity contribution in [3.63, 3.8) is 0 Å². The van der Waals surface area contributed by atoms with Crippen molar-refractivity contribution in [2.75, 3.05) is 32.7 Å². The molecule has 122 valence electrons. The number of rotatable bonds is 5. The molecule has 7 heteroatoms. The number of piperidine rings is 1. The predicted molar refractivity (Wildman–Crippen MR) is 83.4 cm³/mol. The van der Waals surface area contributed by atoms with Crippen molar-refractivity contribution >= 4 is 6.03 Å². The van der Waals surface area contributed by atoms with Gasteiger partial charge < -0.3 is 10.2 Å². The lowest BCUT2D eigenvalue weighted by Crippen LogP contribution is -2.51. The SMILES string of the molecule is O=C(NCCCn1cncn1)N1CCCC(N2CCCC2)C1. The molecule has 3 rings (SSSR count). The largest absolute Gasteiger partial charge is 0.338 e. The van der Waals surface area contributed by atoms with Crippen molar-refractivity contribution in [3.8, 4) is 0 Å². The van der Waals surface area contributed by atoms with Crippen molar-refractivity contribution < 1.29 is 4.79 Å². The molecule has 1 unspecified atom stereocenters. The summed E-state index contributed by atoms with van der Waals surface area (Å²) in [5.41, 5.74) is 0. The van der Waals surface area contributed by atoms with E-state index in [1.807, 2.05) is 4.90 Å². The molecule has 0 aromatic carbocycles. The molecule has 0 saturated carbocycles. The standard InChI is InChI=1S/C15H26N6O/c22-15(17-6-4-10-21-13-16-12-18-21)20-9-3-5-14(11-20)19-7-1-2-8-19/h12-14H,1-11H2,(H,17,22). The Balaban J connectivity index is 1.37. The lowest BCUT2D eigenvalue weighted by atomic mass is 10.0. The zero-order valence-corrected chi connectivity index (χ0v) is 13.2. The smallest absolute Gasteiger partial charge is 0.317 e. The lowest BCUT2D eigenvalue weighted by molar-refractivity contribution is 0.125. The molecule has 1 N–H and O–H groups in total. The maximum atomic E-state index is 12.3. The monoisotopic (exact) mass is 306 g/mol. The van der Waals surface area contributed by atoms with Crippen molar-refractivity contribution in [3.05, 3.63) is 12.7 Å². The van der Waals surface area contributed by atoms with Gasteiger partial charge in [0.2, 0.25) is 0 Å². The van der Waals surface area contributed by atoms with Gasteiger partial charge in [-0.1, -0.05) is 0 Å². The van der Waals surface area contributed by atoms with Gasteiger partial charge in [0, 0.05) is 32.2 Å². The van der Waals surface area contributed by atoms with Gasteiger partial charge >= 0.3 is 6.03 Å². The van der Waals surface area contributed by atoms with E-state index in [1.165, 1.54) is 38.7 Å². The normalized spacial score (nSPS) is 22.9. The summed E-state index contributed by atoms with van der Waals surface area (Å²) in [7, 11) is 0. The molecule has 1 aromatic rings. The summed E-state index contributed by atoms with van der Waals surface area (Å²) < 4.78 is 1.79. The maximum Gasteiger partial charge on any atom is 0.317 e. The Labute approximate surface area is 131 Å². The fraction of sp³-hybridized carbons (Fsp3) is 0.800. The first-order valence-electron chi connectivity index (χ1n) is 8.42. The minimum atomic E-state index is 0.0856. The van der Waals surface area contributed by atoms with Gasteiger partial charge in [-0.25, -0.2) is 9.78 Å². The molecule has 2 aliphatic rings. The number of nitrogens with zero attached hydrogens (tertiary/aromatic N) is 5. The van der Waals surface area contributed by atoms with Crippen LogP contribution < -0.4 is 5.32 Å². The van der Waals surface area contributed by atoms with E-state index >= 15 is 0 Å². The first kappa shape index (κ1) is 15.3. The van der Waals surface area contributed by atoms with Crippen molar-refractivity contribution in [1.82, 2.24) is 29.9 Å². The van der Waals surface area contributed by atoms with Crippen molar-refractivity contribution in [1.29, 1.82) is 0 Å². The number of carbonyl (C=O) groups is 1. The second-order valence-corrected chi connectivity index (χ2v) is 6.23. The van der Waals surface area contributed by atoms with Crippen LogP contribution in [0.1, 0.15) is 32.1 Å². The average Bonchev–Trinajstić information content (AvgIpc) is 3.24. The number of amides is 2. The molecular weight excluding hydrogens is 280 g/mol. The molecule has 22 heavy (non-hydrogen) atoms. The van der Waals surface area contributed by atoms with Crippen LogP contribution in [-0.4, -0.2) is 69.4 Å². The van der Waals surface area contributed by atoms with Crippen LogP contribution >= 0.6 is 0 Å². The molecule has 0 spiro atoms. The Kier molecular flexibility index (Phi) is 5.26. The second kappa shape index (κ2) is 7.58. The Hall–Kier alpha value is -1.63. The highest BCUT2D eigenvalue weighted by Crippen LogP contribution is 2.20. The number of urea groups is 1. The van der Waals surface area contributed by atoms with E-state index in [0.29, 0.717) is 12.6 Å². The number of nitrogens with one attached hydrogen (secondary N) is 1. The highest BCUT2D eigenvalue weighted by molar-refractivity contribution is 5.74. The molecule has 2 saturated heterocycles. The zero-order valence-electron chi connectivity index (χ0n) is 13.2. The summed E-state index contributed by atoms with van der Waals surface area (Å²) in [6, 6.07) is 0.652. The van der Waals surface area contributed by atoms with Gasteiger partial charge in [0.1, 0.15) is 12.7 Å². The third-order valence-corrected chi connectivity index (χ3v) is 4.65. The maximum absolute atomic E-state index is 12.3. The van der Waals surface area contributed by atoms with E-state index in [9.17, 15) is 4.79 Å². The van der Waals surface area contributed by atoms with E-state index in [2.05, 4.69) is 20.3 Å². The average molecular weight is 306 g/mol. The van der Waals surface area contributed by atoms with Crippen molar-refractivity contribution in [2.45, 2.75) is 44.7 Å². The molecule has 1 aromatic heterocycles. The summed E-state index contributed by atoms with van der Waals surface area (Å²) >= 11 is 0. The fourth-order valence-electron chi connectivity index (χ4n) is 3.44. The quantitative estimate of drug-likeness (QED) is 0.822. The number of likely N-dealkylation sites (tertiary alicyclic amines) is 2. The number of aromatic nitrogens is 3. The van der Waals surface area contributed by atoms with Crippen LogP contribution in [-0.2, 0) is 6.54 Å². The first-order valence-corrected chi connectivity index (χ1v) is 8.42. The molecule has 2 amide bonds. The minimum absolute atomic E-state index is 0.0856. The molecule has 1 atom stereocenters. The predicted octanol–water partition coefficient (Wildman–Crippen LogP) is 0.938. The van der Waals surface area contributed by atoms with E-state index in [0.717, 1.165) is 32.5 Å². The van der Waals surface area contributed by atoms with Gasteiger partial charge in [-0.3, -0.25) is 9.58 Å². The number of carbonyl (C=O) groups excluding carboxylic acids is 1. The first-order chi connectivity index (χ1) is 10.8. The number of aryl methyl sites for hydroxylation is 1. The molecular formula is C15H26N6O. The van der Waals surface area contributed by atoms with E-state index in [-0.39, 0.29) is 6.03 Å². The minimum Gasteiger partial charge on any atom is -0.338 e. The molecule has 0 bridgehead atoms. The highest BCUT2D eigenvalue weighted by Gasteiger charge is 2.28. The third kappa shape index (κ3) is 3.97. The van der Waals surface area contributed by atoms with E-state index in [1.54, 1.807) is 11.0 Å². The molecule has 7 nitrogen and oxygen atoms in total. The van der Waals surface area contributed by atoms with Gasteiger partial charge in [-0.15, -0.1) is 0 Å². The lowest BCUT2D eigenvalue weighted by Gasteiger charge is -2.37. The Morgan fingerprint density at radius 1 is 1.23 bits per heavy atom. The summed E-state index contributed by atoms with van der Waals surface area (Å²) in [6.07, 6.45) is 9.08. The molecule has 2 aliphatic heterocycles. The van der Waals surface area contributed by atoms with Crippen LogP contribution in [0.25, 0.3) is 0 Å². The summed E-state index contributed by atoms with van der Waals surface area (Å²) in [5, 5.41) is 7.09. The Morgan fingerprint density at radius 2 is 2.09 bits per heavy atom. The van der Waals surface area contributed by atoms with Crippen LogP contribution in [0, 0.1) is 0 Å². The zero-order chi connectivity index (χ0) is 15.2. The number of hydrogen-bond donors (Lipinski definition) is 1.